The number of benzene rings is 4. The summed E-state index contributed by atoms with van der Waals surface area (Å²) in [7, 11) is 0. The van der Waals surface area contributed by atoms with Gasteiger partial charge in [0.1, 0.15) is 22.9 Å². The number of para-hydroxylation sites is 4. The molecule has 10 rings (SSSR count). The third-order valence-corrected chi connectivity index (χ3v) is 13.0. The van der Waals surface area contributed by atoms with Gasteiger partial charge in [0.05, 0.1) is 22.1 Å². The van der Waals surface area contributed by atoms with Crippen LogP contribution in [0.2, 0.25) is 0 Å². The van der Waals surface area contributed by atoms with Crippen molar-refractivity contribution in [2.75, 3.05) is 26.2 Å². The summed E-state index contributed by atoms with van der Waals surface area (Å²) in [6, 6.07) is 28.6. The number of aromatic nitrogens is 8. The first-order chi connectivity index (χ1) is 36.8. The summed E-state index contributed by atoms with van der Waals surface area (Å²) in [4.78, 5) is 109. The zero-order valence-electron chi connectivity index (χ0n) is 42.2. The Kier molecular flexibility index (Phi) is 15.9. The molecule has 2 fully saturated rings. The van der Waals surface area contributed by atoms with Crippen LogP contribution in [0.5, 0.6) is 23.3 Å². The van der Waals surface area contributed by atoms with Crippen LogP contribution in [-0.4, -0.2) is 123 Å². The van der Waals surface area contributed by atoms with Gasteiger partial charge in [0.15, 0.2) is 23.9 Å². The van der Waals surface area contributed by atoms with Crippen molar-refractivity contribution in [2.24, 2.45) is 0 Å². The predicted octanol–water partition coefficient (Wildman–Crippen LogP) is 8.07. The van der Waals surface area contributed by atoms with Gasteiger partial charge < -0.3 is 38.7 Å². The molecule has 2 aliphatic heterocycles. The Balaban J connectivity index is 0.000000186. The van der Waals surface area contributed by atoms with E-state index in [0.29, 0.717) is 86.2 Å². The smallest absolute Gasteiger partial charge is 0.303 e. The molecule has 20 nitrogen and oxygen atoms in total. The molecule has 4 aromatic heterocycles. The number of hydrogen-bond acceptors (Lipinski definition) is 16. The Hall–Kier alpha value is -9.20. The Morgan fingerprint density at radius 1 is 0.500 bits per heavy atom. The van der Waals surface area contributed by atoms with Gasteiger partial charge in [-0.3, -0.25) is 38.7 Å². The molecule has 76 heavy (non-hydrogen) atoms. The lowest BCUT2D eigenvalue weighted by Gasteiger charge is -2.33. The van der Waals surface area contributed by atoms with E-state index in [1.54, 1.807) is 97.0 Å². The van der Waals surface area contributed by atoms with Crippen LogP contribution in [0.1, 0.15) is 109 Å². The Morgan fingerprint density at radius 3 is 1.21 bits per heavy atom. The molecular weight excluding hydrogens is 973 g/mol. The molecule has 0 aliphatic carbocycles. The SMILES string of the molecule is CC(=O)O[C@@H](C)C(=O)N1CCC(c2nccnc2Oc2ccc(C(=O)c3nc4ccccc4[nH]3)cc2)CC1.CC(=O)O[C@H](C)C(=O)N1CCC(c2nccnc2Oc2ccc(C(=O)c3nc4ccccc4[nH]3)cc2)CC1. The number of piperidine rings is 2. The fourth-order valence-electron chi connectivity index (χ4n) is 9.21. The Morgan fingerprint density at radius 2 is 0.855 bits per heavy atom. The normalized spacial score (nSPS) is 14.7. The van der Waals surface area contributed by atoms with Crippen LogP contribution in [0.3, 0.4) is 0 Å². The van der Waals surface area contributed by atoms with Gasteiger partial charge in [-0.1, -0.05) is 24.3 Å². The molecule has 8 aromatic rings. The first kappa shape index (κ1) is 51.7. The van der Waals surface area contributed by atoms with E-state index < -0.39 is 24.1 Å². The number of nitrogens with one attached hydrogen (secondary N) is 2. The molecule has 2 aliphatic rings. The largest absolute Gasteiger partial charge is 0.453 e. The third-order valence-electron chi connectivity index (χ3n) is 13.0. The van der Waals surface area contributed by atoms with Crippen molar-refractivity contribution in [3.05, 3.63) is 156 Å². The number of carbonyl (C=O) groups excluding carboxylic acids is 6. The van der Waals surface area contributed by atoms with Crippen molar-refractivity contribution in [3.8, 4) is 23.3 Å². The van der Waals surface area contributed by atoms with Crippen LogP contribution >= 0.6 is 0 Å². The number of aromatic amines is 2. The minimum Gasteiger partial charge on any atom is -0.453 e. The van der Waals surface area contributed by atoms with E-state index in [1.807, 2.05) is 48.5 Å². The van der Waals surface area contributed by atoms with E-state index in [0.717, 1.165) is 33.5 Å². The third kappa shape index (κ3) is 12.2. The highest BCUT2D eigenvalue weighted by atomic mass is 16.6. The van der Waals surface area contributed by atoms with Gasteiger partial charge in [-0.05, 0) is 112 Å². The van der Waals surface area contributed by atoms with Crippen molar-refractivity contribution in [1.29, 1.82) is 0 Å². The van der Waals surface area contributed by atoms with Crippen molar-refractivity contribution in [2.45, 2.75) is 77.4 Å². The molecule has 0 bridgehead atoms. The maximum atomic E-state index is 12.9. The van der Waals surface area contributed by atoms with Crippen LogP contribution in [0, 0.1) is 0 Å². The number of fused-ring (bicyclic) bond motifs is 2. The average molecular weight is 1030 g/mol. The van der Waals surface area contributed by atoms with E-state index in [2.05, 4.69) is 39.9 Å². The first-order valence-corrected chi connectivity index (χ1v) is 24.9. The van der Waals surface area contributed by atoms with E-state index in [1.165, 1.54) is 13.8 Å². The van der Waals surface area contributed by atoms with Crippen molar-refractivity contribution in [3.63, 3.8) is 0 Å². The number of esters is 2. The van der Waals surface area contributed by atoms with Crippen LogP contribution in [0.15, 0.2) is 122 Å². The van der Waals surface area contributed by atoms with Gasteiger partial charge in [0.25, 0.3) is 11.8 Å². The van der Waals surface area contributed by atoms with Gasteiger partial charge >= 0.3 is 11.9 Å². The van der Waals surface area contributed by atoms with Crippen LogP contribution in [-0.2, 0) is 28.7 Å². The number of carbonyl (C=O) groups is 6. The van der Waals surface area contributed by atoms with E-state index in [-0.39, 0.29) is 46.9 Å². The molecule has 4 aromatic carbocycles. The predicted molar refractivity (Wildman–Crippen MR) is 276 cm³/mol. The lowest BCUT2D eigenvalue weighted by atomic mass is 9.93. The summed E-state index contributed by atoms with van der Waals surface area (Å²) >= 11 is 0. The quantitative estimate of drug-likeness (QED) is 0.0771. The fourth-order valence-corrected chi connectivity index (χ4v) is 9.21. The fraction of sp³-hybridized carbons (Fsp3) is 0.286. The summed E-state index contributed by atoms with van der Waals surface area (Å²) in [5.41, 5.74) is 5.48. The highest BCUT2D eigenvalue weighted by Crippen LogP contribution is 2.36. The molecule has 2 atom stereocenters. The number of H-pyrrole nitrogens is 2. The molecule has 2 amide bonds. The minimum atomic E-state index is -0.804. The molecule has 2 saturated heterocycles. The van der Waals surface area contributed by atoms with E-state index >= 15 is 0 Å². The van der Waals surface area contributed by atoms with Crippen LogP contribution in [0.4, 0.5) is 0 Å². The molecule has 20 heteroatoms. The molecular formula is C56H54N10O10. The van der Waals surface area contributed by atoms with Gasteiger partial charge in [-0.25, -0.2) is 19.9 Å². The number of ether oxygens (including phenoxy) is 4. The van der Waals surface area contributed by atoms with Crippen molar-refractivity contribution in [1.82, 2.24) is 49.7 Å². The average Bonchev–Trinajstić information content (AvgIpc) is 4.09. The molecule has 6 heterocycles. The van der Waals surface area contributed by atoms with Crippen molar-refractivity contribution < 1.29 is 47.7 Å². The summed E-state index contributed by atoms with van der Waals surface area (Å²) in [5, 5.41) is 0. The molecule has 0 spiro atoms. The van der Waals surface area contributed by atoms with Crippen LogP contribution < -0.4 is 9.47 Å². The summed E-state index contributed by atoms with van der Waals surface area (Å²) in [6.07, 6.45) is 7.49. The van der Waals surface area contributed by atoms with Crippen molar-refractivity contribution >= 4 is 57.4 Å². The van der Waals surface area contributed by atoms with Crippen LogP contribution in [0.25, 0.3) is 22.1 Å². The molecule has 0 saturated carbocycles. The number of rotatable bonds is 14. The number of hydrogen-bond donors (Lipinski definition) is 2. The molecule has 388 valence electrons. The summed E-state index contributed by atoms with van der Waals surface area (Å²) in [6.45, 7) is 7.82. The minimum absolute atomic E-state index is 0.0562. The number of amides is 2. The standard InChI is InChI=1S/2C28H27N5O5/c2*1-17(37-18(2)34)28(36)33-15-11-19(12-16-33)24-27(30-14-13-29-24)38-21-9-7-20(8-10-21)25(35)26-31-22-5-3-4-6-23(22)32-26/h2*3-10,13-14,17,19H,11-12,15-16H2,1-2H3,(H,31,32)/t2*17-/m10/s1. The molecule has 2 N–H and O–H groups in total. The highest BCUT2D eigenvalue weighted by molar-refractivity contribution is 6.08. The second-order valence-electron chi connectivity index (χ2n) is 18.3. The molecule has 0 unspecified atom stereocenters. The van der Waals surface area contributed by atoms with Gasteiger partial charge in [-0.2, -0.15) is 0 Å². The van der Waals surface area contributed by atoms with Gasteiger partial charge in [0, 0.05) is 87.8 Å². The lowest BCUT2D eigenvalue weighted by molar-refractivity contribution is -0.157. The maximum absolute atomic E-state index is 12.9. The number of likely N-dealkylation sites (tertiary alicyclic amines) is 2. The number of imidazole rings is 2. The Bertz CT molecular complexity index is 3110. The second-order valence-corrected chi connectivity index (χ2v) is 18.3. The highest BCUT2D eigenvalue weighted by Gasteiger charge is 2.32. The number of nitrogens with zero attached hydrogens (tertiary/aromatic N) is 8. The first-order valence-electron chi connectivity index (χ1n) is 24.9. The zero-order valence-corrected chi connectivity index (χ0v) is 42.2. The van der Waals surface area contributed by atoms with Gasteiger partial charge in [0.2, 0.25) is 23.3 Å². The number of ketones is 2. The topological polar surface area (TPSA) is 255 Å². The monoisotopic (exact) mass is 1030 g/mol. The summed E-state index contributed by atoms with van der Waals surface area (Å²) in [5.74, 6) is 0.721. The summed E-state index contributed by atoms with van der Waals surface area (Å²) < 4.78 is 22.2. The Labute approximate surface area is 436 Å². The van der Waals surface area contributed by atoms with E-state index in [4.69, 9.17) is 18.9 Å². The zero-order chi connectivity index (χ0) is 53.3. The van der Waals surface area contributed by atoms with E-state index in [9.17, 15) is 28.8 Å². The maximum Gasteiger partial charge on any atom is 0.303 e. The molecule has 0 radical (unpaired) electrons. The second kappa shape index (κ2) is 23.3. The van der Waals surface area contributed by atoms with Gasteiger partial charge in [-0.15, -0.1) is 0 Å². The lowest BCUT2D eigenvalue weighted by Crippen LogP contribution is -2.44.